The predicted molar refractivity (Wildman–Crippen MR) is 119 cm³/mol. The third-order valence-corrected chi connectivity index (χ3v) is 6.70. The third-order valence-electron chi connectivity index (χ3n) is 6.45. The number of benzene rings is 1. The molecule has 1 fully saturated rings. The van der Waals surface area contributed by atoms with E-state index in [1.54, 1.807) is 0 Å². The van der Waals surface area contributed by atoms with Crippen molar-refractivity contribution in [2.45, 2.75) is 70.8 Å². The van der Waals surface area contributed by atoms with E-state index in [-0.39, 0.29) is 11.9 Å². The number of nitrogens with zero attached hydrogens (tertiary/aromatic N) is 1. The SMILES string of the molecule is C[C@@H](NC(=O)c1[nH]nc2c1CCCC/C2=C\c1ccc(Cl)cc1)C1CCCCC1. The molecule has 0 saturated heterocycles. The van der Waals surface area contributed by atoms with Gasteiger partial charge in [-0.2, -0.15) is 5.10 Å². The molecule has 0 bridgehead atoms. The maximum Gasteiger partial charge on any atom is 0.269 e. The summed E-state index contributed by atoms with van der Waals surface area (Å²) in [5.74, 6) is 0.583. The fourth-order valence-electron chi connectivity index (χ4n) is 4.73. The van der Waals surface area contributed by atoms with Crippen LogP contribution in [0.2, 0.25) is 5.02 Å². The van der Waals surface area contributed by atoms with Crippen LogP contribution in [0.25, 0.3) is 11.6 Å². The van der Waals surface area contributed by atoms with Crippen molar-refractivity contribution >= 4 is 29.2 Å². The van der Waals surface area contributed by atoms with Crippen LogP contribution in [0, 0.1) is 5.92 Å². The van der Waals surface area contributed by atoms with E-state index in [1.165, 1.54) is 37.7 Å². The van der Waals surface area contributed by atoms with E-state index in [0.717, 1.165) is 47.5 Å². The van der Waals surface area contributed by atoms with Gasteiger partial charge in [0.15, 0.2) is 0 Å². The van der Waals surface area contributed by atoms with E-state index < -0.39 is 0 Å². The minimum absolute atomic E-state index is 0.00966. The Balaban J connectivity index is 1.55. The number of nitrogens with one attached hydrogen (secondary N) is 2. The summed E-state index contributed by atoms with van der Waals surface area (Å²) < 4.78 is 0. The van der Waals surface area contributed by atoms with Crippen LogP contribution in [0.15, 0.2) is 24.3 Å². The highest BCUT2D eigenvalue weighted by Gasteiger charge is 2.26. The summed E-state index contributed by atoms with van der Waals surface area (Å²) in [6, 6.07) is 8.05. The first-order valence-corrected chi connectivity index (χ1v) is 11.3. The molecular weight excluding hydrogens is 382 g/mol. The number of H-pyrrole nitrogens is 1. The van der Waals surface area contributed by atoms with Crippen LogP contribution in [-0.4, -0.2) is 22.1 Å². The summed E-state index contributed by atoms with van der Waals surface area (Å²) in [4.78, 5) is 13.0. The molecule has 0 unspecified atom stereocenters. The van der Waals surface area contributed by atoms with E-state index in [1.807, 2.05) is 24.3 Å². The lowest BCUT2D eigenvalue weighted by Crippen LogP contribution is -2.39. The molecule has 1 aromatic heterocycles. The fourth-order valence-corrected chi connectivity index (χ4v) is 4.86. The molecule has 4 nitrogen and oxygen atoms in total. The smallest absolute Gasteiger partial charge is 0.269 e. The molecule has 2 N–H and O–H groups in total. The molecule has 2 aliphatic rings. The largest absolute Gasteiger partial charge is 0.348 e. The van der Waals surface area contributed by atoms with Crippen LogP contribution >= 0.6 is 11.6 Å². The molecule has 1 saturated carbocycles. The number of aromatic nitrogens is 2. The Kier molecular flexibility index (Phi) is 6.39. The van der Waals surface area contributed by atoms with Crippen molar-refractivity contribution in [2.75, 3.05) is 0 Å². The van der Waals surface area contributed by atoms with Gasteiger partial charge in [-0.15, -0.1) is 0 Å². The Morgan fingerprint density at radius 1 is 1.14 bits per heavy atom. The number of fused-ring (bicyclic) bond motifs is 1. The maximum absolute atomic E-state index is 13.0. The zero-order valence-electron chi connectivity index (χ0n) is 17.1. The molecule has 154 valence electrons. The Morgan fingerprint density at radius 3 is 2.62 bits per heavy atom. The number of carbonyl (C=O) groups excluding carboxylic acids is 1. The minimum atomic E-state index is -0.00966. The standard InChI is InChI=1S/C24H30ClN3O/c1-16(18-7-3-2-4-8-18)26-24(29)23-21-10-6-5-9-19(22(21)27-28-23)15-17-11-13-20(25)14-12-17/h11-16,18H,2-10H2,1H3,(H,26,29)(H,27,28)/b19-15+/t16-/m1/s1. The summed E-state index contributed by atoms with van der Waals surface area (Å²) in [6.45, 7) is 2.15. The fraction of sp³-hybridized carbons (Fsp3) is 0.500. The van der Waals surface area contributed by atoms with Crippen molar-refractivity contribution in [2.24, 2.45) is 5.92 Å². The van der Waals surface area contributed by atoms with Gasteiger partial charge in [-0.05, 0) is 80.7 Å². The first kappa shape index (κ1) is 20.2. The van der Waals surface area contributed by atoms with Crippen LogP contribution in [0.3, 0.4) is 0 Å². The van der Waals surface area contributed by atoms with E-state index in [9.17, 15) is 4.79 Å². The summed E-state index contributed by atoms with van der Waals surface area (Å²) >= 11 is 6.01. The van der Waals surface area contributed by atoms with Gasteiger partial charge in [-0.3, -0.25) is 9.89 Å². The van der Waals surface area contributed by atoms with Crippen LogP contribution in [0.4, 0.5) is 0 Å². The lowest BCUT2D eigenvalue weighted by molar-refractivity contribution is 0.0913. The van der Waals surface area contributed by atoms with Gasteiger partial charge >= 0.3 is 0 Å². The zero-order chi connectivity index (χ0) is 20.2. The molecule has 1 atom stereocenters. The van der Waals surface area contributed by atoms with Crippen LogP contribution in [-0.2, 0) is 6.42 Å². The second-order valence-electron chi connectivity index (χ2n) is 8.51. The highest BCUT2D eigenvalue weighted by molar-refractivity contribution is 6.30. The lowest BCUT2D eigenvalue weighted by Gasteiger charge is -2.28. The third kappa shape index (κ3) is 4.75. The van der Waals surface area contributed by atoms with Crippen molar-refractivity contribution in [3.63, 3.8) is 0 Å². The van der Waals surface area contributed by atoms with E-state index in [2.05, 4.69) is 28.5 Å². The van der Waals surface area contributed by atoms with Gasteiger partial charge in [0, 0.05) is 16.6 Å². The second kappa shape index (κ2) is 9.17. The second-order valence-corrected chi connectivity index (χ2v) is 8.95. The van der Waals surface area contributed by atoms with E-state index in [0.29, 0.717) is 11.6 Å². The number of rotatable bonds is 4. The predicted octanol–water partition coefficient (Wildman–Crippen LogP) is 6.03. The molecule has 5 heteroatoms. The number of hydrogen-bond donors (Lipinski definition) is 2. The highest BCUT2D eigenvalue weighted by atomic mass is 35.5. The van der Waals surface area contributed by atoms with E-state index in [4.69, 9.17) is 11.6 Å². The number of carbonyl (C=O) groups is 1. The number of halogens is 1. The van der Waals surface area contributed by atoms with Crippen LogP contribution in [0.5, 0.6) is 0 Å². The Labute approximate surface area is 178 Å². The normalized spacial score (nSPS) is 20.1. The van der Waals surface area contributed by atoms with E-state index >= 15 is 0 Å². The van der Waals surface area contributed by atoms with Crippen molar-refractivity contribution in [3.8, 4) is 0 Å². The molecule has 2 aromatic rings. The minimum Gasteiger partial charge on any atom is -0.348 e. The molecule has 1 amide bonds. The summed E-state index contributed by atoms with van der Waals surface area (Å²) in [5, 5.41) is 11.6. The Morgan fingerprint density at radius 2 is 1.86 bits per heavy atom. The van der Waals surface area contributed by atoms with Gasteiger partial charge in [0.1, 0.15) is 5.69 Å². The van der Waals surface area contributed by atoms with Crippen LogP contribution in [0.1, 0.15) is 85.6 Å². The molecular formula is C24H30ClN3O. The van der Waals surface area contributed by atoms with Gasteiger partial charge in [-0.1, -0.05) is 43.0 Å². The molecule has 1 heterocycles. The monoisotopic (exact) mass is 411 g/mol. The summed E-state index contributed by atoms with van der Waals surface area (Å²) in [7, 11) is 0. The molecule has 0 radical (unpaired) electrons. The van der Waals surface area contributed by atoms with Gasteiger partial charge in [0.05, 0.1) is 5.69 Å². The molecule has 1 aromatic carbocycles. The average Bonchev–Trinajstić information content (AvgIpc) is 3.06. The molecule has 4 rings (SSSR count). The van der Waals surface area contributed by atoms with Gasteiger partial charge in [-0.25, -0.2) is 0 Å². The number of amides is 1. The molecule has 0 aliphatic heterocycles. The van der Waals surface area contributed by atoms with Crippen molar-refractivity contribution < 1.29 is 4.79 Å². The Bertz CT molecular complexity index is 878. The molecule has 2 aliphatic carbocycles. The first-order chi connectivity index (χ1) is 14.1. The number of hydrogen-bond acceptors (Lipinski definition) is 2. The van der Waals surface area contributed by atoms with Crippen LogP contribution < -0.4 is 5.32 Å². The maximum atomic E-state index is 13.0. The molecule has 0 spiro atoms. The van der Waals surface area contributed by atoms with Gasteiger partial charge in [0.2, 0.25) is 0 Å². The van der Waals surface area contributed by atoms with Crippen molar-refractivity contribution in [1.82, 2.24) is 15.5 Å². The topological polar surface area (TPSA) is 57.8 Å². The average molecular weight is 412 g/mol. The van der Waals surface area contributed by atoms with Crippen molar-refractivity contribution in [1.29, 1.82) is 0 Å². The Hall–Kier alpha value is -2.07. The number of aromatic amines is 1. The quantitative estimate of drug-likeness (QED) is 0.603. The van der Waals surface area contributed by atoms with Gasteiger partial charge in [0.25, 0.3) is 5.91 Å². The van der Waals surface area contributed by atoms with Crippen molar-refractivity contribution in [3.05, 3.63) is 51.8 Å². The first-order valence-electron chi connectivity index (χ1n) is 11.0. The highest BCUT2D eigenvalue weighted by Crippen LogP contribution is 2.32. The number of allylic oxidation sites excluding steroid dienone is 1. The summed E-state index contributed by atoms with van der Waals surface area (Å²) in [6.07, 6.45) is 12.5. The lowest BCUT2D eigenvalue weighted by atomic mass is 9.84. The molecule has 29 heavy (non-hydrogen) atoms. The zero-order valence-corrected chi connectivity index (χ0v) is 17.9. The van der Waals surface area contributed by atoms with Gasteiger partial charge < -0.3 is 5.32 Å². The summed E-state index contributed by atoms with van der Waals surface area (Å²) in [5.41, 5.74) is 4.96.